The quantitative estimate of drug-likeness (QED) is 0.692. The Labute approximate surface area is 110 Å². The smallest absolute Gasteiger partial charge is 0.104 e. The lowest BCUT2D eigenvalue weighted by atomic mass is 10.0. The van der Waals surface area contributed by atoms with Crippen molar-refractivity contribution in [3.05, 3.63) is 48.3 Å². The van der Waals surface area contributed by atoms with Crippen LogP contribution in [-0.4, -0.2) is 16.2 Å². The minimum atomic E-state index is 0.957. The number of H-pyrrole nitrogens is 1. The van der Waals surface area contributed by atoms with E-state index >= 15 is 0 Å². The first-order valence-corrected chi connectivity index (χ1v) is 7.11. The summed E-state index contributed by atoms with van der Waals surface area (Å²) in [6.45, 7) is 1.99. The number of nitrogens with zero attached hydrogens (tertiary/aromatic N) is 1. The van der Waals surface area contributed by atoms with E-state index in [2.05, 4.69) is 58.7 Å². The lowest BCUT2D eigenvalue weighted by Gasteiger charge is -2.07. The van der Waals surface area contributed by atoms with Crippen molar-refractivity contribution >= 4 is 22.8 Å². The van der Waals surface area contributed by atoms with Crippen LogP contribution in [0.1, 0.15) is 5.82 Å². The molecule has 0 aliphatic carbocycles. The van der Waals surface area contributed by atoms with Crippen molar-refractivity contribution in [3.8, 4) is 11.1 Å². The van der Waals surface area contributed by atoms with Gasteiger partial charge in [0.15, 0.2) is 0 Å². The highest BCUT2D eigenvalue weighted by molar-refractivity contribution is 7.98. The van der Waals surface area contributed by atoms with Crippen molar-refractivity contribution in [2.24, 2.45) is 0 Å². The Morgan fingerprint density at radius 2 is 1.78 bits per heavy atom. The number of hydrogen-bond acceptors (Lipinski definition) is 2. The van der Waals surface area contributed by atoms with Gasteiger partial charge in [-0.2, -0.15) is 0 Å². The van der Waals surface area contributed by atoms with Crippen molar-refractivity contribution < 1.29 is 0 Å². The molecule has 0 amide bonds. The van der Waals surface area contributed by atoms with E-state index in [0.717, 1.165) is 16.9 Å². The summed E-state index contributed by atoms with van der Waals surface area (Å²) in [5.74, 6) is 0.957. The number of aryl methyl sites for hydroxylation is 1. The van der Waals surface area contributed by atoms with Gasteiger partial charge < -0.3 is 4.98 Å². The van der Waals surface area contributed by atoms with Gasteiger partial charge in [0.05, 0.1) is 11.0 Å². The zero-order valence-corrected chi connectivity index (χ0v) is 11.2. The number of nitrogens with one attached hydrogen (secondary N) is 1. The second kappa shape index (κ2) is 4.50. The molecule has 2 nitrogen and oxygen atoms in total. The van der Waals surface area contributed by atoms with Crippen LogP contribution < -0.4 is 0 Å². The molecule has 0 fully saturated rings. The Bertz CT molecular complexity index is 701. The van der Waals surface area contributed by atoms with Gasteiger partial charge in [-0.3, -0.25) is 0 Å². The predicted molar refractivity (Wildman–Crippen MR) is 78.0 cm³/mol. The van der Waals surface area contributed by atoms with Crippen LogP contribution in [-0.2, 0) is 0 Å². The van der Waals surface area contributed by atoms with Gasteiger partial charge in [-0.1, -0.05) is 30.3 Å². The molecular formula is C15H14N2S. The van der Waals surface area contributed by atoms with Crippen LogP contribution in [0.2, 0.25) is 0 Å². The Balaban J connectivity index is 2.31. The molecule has 3 rings (SSSR count). The summed E-state index contributed by atoms with van der Waals surface area (Å²) in [4.78, 5) is 9.17. The van der Waals surface area contributed by atoms with Gasteiger partial charge in [0, 0.05) is 10.5 Å². The Kier molecular flexibility index (Phi) is 2.84. The van der Waals surface area contributed by atoms with E-state index in [1.165, 1.54) is 16.0 Å². The monoisotopic (exact) mass is 254 g/mol. The summed E-state index contributed by atoms with van der Waals surface area (Å²) in [6, 6.07) is 14.7. The molecule has 0 saturated carbocycles. The molecule has 0 spiro atoms. The fraction of sp³-hybridized carbons (Fsp3) is 0.133. The van der Waals surface area contributed by atoms with Crippen LogP contribution in [0.15, 0.2) is 47.4 Å². The van der Waals surface area contributed by atoms with E-state index in [4.69, 9.17) is 0 Å². The largest absolute Gasteiger partial charge is 0.342 e. The minimum absolute atomic E-state index is 0.957. The molecule has 2 aromatic carbocycles. The van der Waals surface area contributed by atoms with E-state index in [0.29, 0.717) is 0 Å². The molecule has 0 bridgehead atoms. The third kappa shape index (κ3) is 1.81. The zero-order chi connectivity index (χ0) is 12.5. The lowest BCUT2D eigenvalue weighted by molar-refractivity contribution is 1.17. The normalized spacial score (nSPS) is 11.0. The topological polar surface area (TPSA) is 28.7 Å². The van der Waals surface area contributed by atoms with E-state index in [-0.39, 0.29) is 0 Å². The van der Waals surface area contributed by atoms with Gasteiger partial charge in [0.1, 0.15) is 5.82 Å². The number of thioether (sulfide) groups is 1. The standard InChI is InChI=1S/C15H14N2S/c1-10-16-13-8-5-7-12(15(13)17-10)11-6-3-4-9-14(11)18-2/h3-9H,1-2H3,(H,16,17). The highest BCUT2D eigenvalue weighted by Gasteiger charge is 2.10. The van der Waals surface area contributed by atoms with Crippen LogP contribution in [0.4, 0.5) is 0 Å². The van der Waals surface area contributed by atoms with Gasteiger partial charge in [-0.05, 0) is 30.9 Å². The third-order valence-electron chi connectivity index (χ3n) is 3.03. The molecule has 18 heavy (non-hydrogen) atoms. The van der Waals surface area contributed by atoms with Gasteiger partial charge in [-0.25, -0.2) is 4.98 Å². The maximum Gasteiger partial charge on any atom is 0.104 e. The van der Waals surface area contributed by atoms with E-state index < -0.39 is 0 Å². The Hall–Kier alpha value is -1.74. The first-order valence-electron chi connectivity index (χ1n) is 5.88. The zero-order valence-electron chi connectivity index (χ0n) is 10.4. The summed E-state index contributed by atoms with van der Waals surface area (Å²) < 4.78 is 0. The Morgan fingerprint density at radius 1 is 1.00 bits per heavy atom. The highest BCUT2D eigenvalue weighted by atomic mass is 32.2. The molecule has 1 aromatic heterocycles. The van der Waals surface area contributed by atoms with Crippen LogP contribution in [0.3, 0.4) is 0 Å². The number of aromatic amines is 1. The molecule has 90 valence electrons. The summed E-state index contributed by atoms with van der Waals surface area (Å²) in [7, 11) is 0. The number of aromatic nitrogens is 2. The predicted octanol–water partition coefficient (Wildman–Crippen LogP) is 4.26. The minimum Gasteiger partial charge on any atom is -0.342 e. The number of rotatable bonds is 2. The first-order chi connectivity index (χ1) is 8.79. The molecule has 0 aliphatic rings. The summed E-state index contributed by atoms with van der Waals surface area (Å²) in [5.41, 5.74) is 4.60. The van der Waals surface area contributed by atoms with Gasteiger partial charge in [0.25, 0.3) is 0 Å². The molecule has 0 radical (unpaired) electrons. The first kappa shape index (κ1) is 11.4. The number of hydrogen-bond donors (Lipinski definition) is 1. The van der Waals surface area contributed by atoms with E-state index in [9.17, 15) is 0 Å². The molecule has 0 atom stereocenters. The molecule has 3 heteroatoms. The highest BCUT2D eigenvalue weighted by Crippen LogP contribution is 2.33. The SMILES string of the molecule is CSc1ccccc1-c1cccc2[nH]c(C)nc12. The molecule has 0 unspecified atom stereocenters. The molecular weight excluding hydrogens is 240 g/mol. The third-order valence-corrected chi connectivity index (χ3v) is 3.82. The van der Waals surface area contributed by atoms with Crippen LogP contribution in [0.25, 0.3) is 22.2 Å². The molecule has 3 aromatic rings. The maximum absolute atomic E-state index is 4.60. The van der Waals surface area contributed by atoms with E-state index in [1.807, 2.05) is 6.92 Å². The number of benzene rings is 2. The average molecular weight is 254 g/mol. The van der Waals surface area contributed by atoms with Crippen LogP contribution in [0.5, 0.6) is 0 Å². The van der Waals surface area contributed by atoms with Crippen molar-refractivity contribution in [1.29, 1.82) is 0 Å². The summed E-state index contributed by atoms with van der Waals surface area (Å²) >= 11 is 1.77. The van der Waals surface area contributed by atoms with Crippen LogP contribution >= 0.6 is 11.8 Å². The summed E-state index contributed by atoms with van der Waals surface area (Å²) in [5, 5.41) is 0. The van der Waals surface area contributed by atoms with Crippen molar-refractivity contribution in [1.82, 2.24) is 9.97 Å². The average Bonchev–Trinajstić information content (AvgIpc) is 2.78. The van der Waals surface area contributed by atoms with Gasteiger partial charge in [-0.15, -0.1) is 11.8 Å². The molecule has 1 N–H and O–H groups in total. The summed E-state index contributed by atoms with van der Waals surface area (Å²) in [6.07, 6.45) is 2.11. The fourth-order valence-electron chi connectivity index (χ4n) is 2.24. The lowest BCUT2D eigenvalue weighted by Crippen LogP contribution is -1.83. The Morgan fingerprint density at radius 3 is 2.61 bits per heavy atom. The van der Waals surface area contributed by atoms with Crippen molar-refractivity contribution in [3.63, 3.8) is 0 Å². The molecule has 0 saturated heterocycles. The van der Waals surface area contributed by atoms with Gasteiger partial charge in [0.2, 0.25) is 0 Å². The number of para-hydroxylation sites is 1. The molecule has 1 heterocycles. The van der Waals surface area contributed by atoms with Gasteiger partial charge >= 0.3 is 0 Å². The second-order valence-corrected chi connectivity index (χ2v) is 5.07. The molecule has 0 aliphatic heterocycles. The second-order valence-electron chi connectivity index (χ2n) is 4.22. The number of fused-ring (bicyclic) bond motifs is 1. The van der Waals surface area contributed by atoms with Crippen molar-refractivity contribution in [2.75, 3.05) is 6.26 Å². The maximum atomic E-state index is 4.60. The van der Waals surface area contributed by atoms with Crippen molar-refractivity contribution in [2.45, 2.75) is 11.8 Å². The number of imidazole rings is 1. The van der Waals surface area contributed by atoms with Crippen LogP contribution in [0, 0.1) is 6.92 Å². The fourth-order valence-corrected chi connectivity index (χ4v) is 2.85. The van der Waals surface area contributed by atoms with E-state index in [1.54, 1.807) is 11.8 Å².